The first-order chi connectivity index (χ1) is 9.56. The zero-order chi connectivity index (χ0) is 14.5. The average Bonchev–Trinajstić information content (AvgIpc) is 2.92. The highest BCUT2D eigenvalue weighted by Crippen LogP contribution is 2.20. The zero-order valence-electron chi connectivity index (χ0n) is 12.3. The number of aliphatic hydroxyl groups is 1. The minimum Gasteiger partial charge on any atom is -0.388 e. The molecule has 2 unspecified atom stereocenters. The van der Waals surface area contributed by atoms with E-state index in [0.717, 1.165) is 32.5 Å². The Labute approximate surface area is 120 Å². The van der Waals surface area contributed by atoms with Crippen LogP contribution in [0.3, 0.4) is 0 Å². The van der Waals surface area contributed by atoms with Crippen LogP contribution >= 0.6 is 0 Å². The molecule has 0 aliphatic carbocycles. The molecule has 3 nitrogen and oxygen atoms in total. The largest absolute Gasteiger partial charge is 0.388 e. The Morgan fingerprint density at radius 2 is 2.30 bits per heavy atom. The number of rotatable bonds is 6. The van der Waals surface area contributed by atoms with Gasteiger partial charge in [-0.15, -0.1) is 0 Å². The molecule has 1 heterocycles. The minimum atomic E-state index is -0.614. The molecular formula is C16H24FNO2. The maximum Gasteiger partial charge on any atom is 0.126 e. The van der Waals surface area contributed by atoms with Crippen molar-refractivity contribution in [3.63, 3.8) is 0 Å². The van der Waals surface area contributed by atoms with E-state index in [1.165, 1.54) is 6.07 Å². The second-order valence-electron chi connectivity index (χ2n) is 5.71. The van der Waals surface area contributed by atoms with Gasteiger partial charge in [0.25, 0.3) is 0 Å². The molecule has 1 aliphatic heterocycles. The maximum atomic E-state index is 13.5. The number of nitrogens with zero attached hydrogens (tertiary/aromatic N) is 1. The Morgan fingerprint density at radius 3 is 2.95 bits per heavy atom. The number of benzene rings is 1. The molecule has 0 spiro atoms. The molecule has 1 fully saturated rings. The Morgan fingerprint density at radius 1 is 1.50 bits per heavy atom. The molecule has 0 bridgehead atoms. The summed E-state index contributed by atoms with van der Waals surface area (Å²) in [6.45, 7) is 4.26. The molecule has 1 N–H and O–H groups in total. The molecule has 1 saturated heterocycles. The highest BCUT2D eigenvalue weighted by molar-refractivity contribution is 5.24. The number of hydrogen-bond donors (Lipinski definition) is 1. The van der Waals surface area contributed by atoms with Gasteiger partial charge in [-0.05, 0) is 50.4 Å². The normalized spacial score (nSPS) is 20.6. The summed E-state index contributed by atoms with van der Waals surface area (Å²) in [5.74, 6) is -0.255. The van der Waals surface area contributed by atoms with Gasteiger partial charge < -0.3 is 14.7 Å². The topological polar surface area (TPSA) is 32.7 Å². The van der Waals surface area contributed by atoms with E-state index in [-0.39, 0.29) is 5.82 Å². The number of aryl methyl sites for hydroxylation is 1. The van der Waals surface area contributed by atoms with Crippen molar-refractivity contribution in [2.75, 3.05) is 26.7 Å². The molecule has 1 aromatic carbocycles. The van der Waals surface area contributed by atoms with E-state index < -0.39 is 6.10 Å². The number of aliphatic hydroxyl groups excluding tert-OH is 1. The molecular weight excluding hydrogens is 257 g/mol. The molecule has 1 aliphatic rings. The third-order valence-corrected chi connectivity index (χ3v) is 3.90. The van der Waals surface area contributed by atoms with Gasteiger partial charge in [0.05, 0.1) is 12.2 Å². The van der Waals surface area contributed by atoms with Gasteiger partial charge in [-0.3, -0.25) is 0 Å². The minimum absolute atomic E-state index is 0.255. The SMILES string of the molecule is Cc1ccc(C(O)CCN(C)CC2CCCO2)cc1F. The van der Waals surface area contributed by atoms with E-state index in [4.69, 9.17) is 4.74 Å². The smallest absolute Gasteiger partial charge is 0.126 e. The fraction of sp³-hybridized carbons (Fsp3) is 0.625. The van der Waals surface area contributed by atoms with Crippen LogP contribution in [0.25, 0.3) is 0 Å². The lowest BCUT2D eigenvalue weighted by atomic mass is 10.0. The summed E-state index contributed by atoms with van der Waals surface area (Å²) < 4.78 is 19.1. The first-order valence-corrected chi connectivity index (χ1v) is 7.30. The lowest BCUT2D eigenvalue weighted by molar-refractivity contribution is 0.0740. The standard InChI is InChI=1S/C16H24FNO2/c1-12-5-6-13(10-15(12)17)16(19)7-8-18(2)11-14-4-3-9-20-14/h5-6,10,14,16,19H,3-4,7-9,11H2,1-2H3. The predicted octanol–water partition coefficient (Wildman–Crippen LogP) is 2.67. The van der Waals surface area contributed by atoms with E-state index in [1.54, 1.807) is 19.1 Å². The molecule has 4 heteroatoms. The molecule has 2 rings (SSSR count). The van der Waals surface area contributed by atoms with Gasteiger partial charge in [0.1, 0.15) is 5.82 Å². The molecule has 0 saturated carbocycles. The van der Waals surface area contributed by atoms with Gasteiger partial charge in [-0.1, -0.05) is 12.1 Å². The zero-order valence-corrected chi connectivity index (χ0v) is 12.3. The van der Waals surface area contributed by atoms with Crippen LogP contribution in [0.1, 0.15) is 36.5 Å². The maximum absolute atomic E-state index is 13.5. The summed E-state index contributed by atoms with van der Waals surface area (Å²) >= 11 is 0. The third kappa shape index (κ3) is 4.27. The van der Waals surface area contributed by atoms with Gasteiger partial charge in [0.2, 0.25) is 0 Å². The lowest BCUT2D eigenvalue weighted by Gasteiger charge is -2.22. The fourth-order valence-electron chi connectivity index (χ4n) is 2.55. The Kier molecular flexibility index (Phi) is 5.52. The number of hydrogen-bond acceptors (Lipinski definition) is 3. The van der Waals surface area contributed by atoms with Crippen LogP contribution in [0.15, 0.2) is 18.2 Å². The van der Waals surface area contributed by atoms with Crippen molar-refractivity contribution in [2.24, 2.45) is 0 Å². The second kappa shape index (κ2) is 7.16. The molecule has 0 radical (unpaired) electrons. The molecule has 0 amide bonds. The quantitative estimate of drug-likeness (QED) is 0.870. The monoisotopic (exact) mass is 281 g/mol. The van der Waals surface area contributed by atoms with E-state index >= 15 is 0 Å². The van der Waals surface area contributed by atoms with E-state index in [1.807, 2.05) is 7.05 Å². The van der Waals surface area contributed by atoms with Crippen molar-refractivity contribution in [1.29, 1.82) is 0 Å². The number of likely N-dealkylation sites (N-methyl/N-ethyl adjacent to an activating group) is 1. The van der Waals surface area contributed by atoms with E-state index in [0.29, 0.717) is 23.7 Å². The fourth-order valence-corrected chi connectivity index (χ4v) is 2.55. The molecule has 2 atom stereocenters. The van der Waals surface area contributed by atoms with Crippen LogP contribution < -0.4 is 0 Å². The van der Waals surface area contributed by atoms with Crippen LogP contribution in [0.2, 0.25) is 0 Å². The summed E-state index contributed by atoms with van der Waals surface area (Å²) in [5.41, 5.74) is 1.26. The highest BCUT2D eigenvalue weighted by Gasteiger charge is 2.18. The van der Waals surface area contributed by atoms with E-state index in [2.05, 4.69) is 4.90 Å². The Hall–Kier alpha value is -0.970. The molecule has 112 valence electrons. The number of halogens is 1. The Balaban J connectivity index is 1.78. The van der Waals surface area contributed by atoms with Gasteiger partial charge in [-0.25, -0.2) is 4.39 Å². The van der Waals surface area contributed by atoms with Gasteiger partial charge >= 0.3 is 0 Å². The average molecular weight is 281 g/mol. The van der Waals surface area contributed by atoms with Gasteiger partial charge in [-0.2, -0.15) is 0 Å². The van der Waals surface area contributed by atoms with Gasteiger partial charge in [0, 0.05) is 19.7 Å². The third-order valence-electron chi connectivity index (χ3n) is 3.90. The van der Waals surface area contributed by atoms with Crippen LogP contribution in [0.5, 0.6) is 0 Å². The van der Waals surface area contributed by atoms with Crippen molar-refractivity contribution in [3.05, 3.63) is 35.1 Å². The number of ether oxygens (including phenoxy) is 1. The van der Waals surface area contributed by atoms with Crippen LogP contribution in [-0.2, 0) is 4.74 Å². The first kappa shape index (κ1) is 15.4. The lowest BCUT2D eigenvalue weighted by Crippen LogP contribution is -2.30. The summed E-state index contributed by atoms with van der Waals surface area (Å²) in [4.78, 5) is 2.17. The predicted molar refractivity (Wildman–Crippen MR) is 77.2 cm³/mol. The van der Waals surface area contributed by atoms with Crippen LogP contribution in [-0.4, -0.2) is 42.9 Å². The van der Waals surface area contributed by atoms with Gasteiger partial charge in [0.15, 0.2) is 0 Å². The molecule has 1 aromatic rings. The highest BCUT2D eigenvalue weighted by atomic mass is 19.1. The summed E-state index contributed by atoms with van der Waals surface area (Å²) in [6, 6.07) is 4.94. The van der Waals surface area contributed by atoms with Crippen molar-refractivity contribution < 1.29 is 14.2 Å². The van der Waals surface area contributed by atoms with Crippen molar-refractivity contribution in [2.45, 2.75) is 38.4 Å². The van der Waals surface area contributed by atoms with E-state index in [9.17, 15) is 9.50 Å². The summed E-state index contributed by atoms with van der Waals surface area (Å²) in [6.07, 6.45) is 2.58. The summed E-state index contributed by atoms with van der Waals surface area (Å²) in [5, 5.41) is 10.1. The van der Waals surface area contributed by atoms with Crippen LogP contribution in [0, 0.1) is 12.7 Å². The van der Waals surface area contributed by atoms with Crippen molar-refractivity contribution in [1.82, 2.24) is 4.90 Å². The molecule has 20 heavy (non-hydrogen) atoms. The van der Waals surface area contributed by atoms with Crippen molar-refractivity contribution >= 4 is 0 Å². The Bertz CT molecular complexity index is 432. The molecule has 0 aromatic heterocycles. The second-order valence-corrected chi connectivity index (χ2v) is 5.71. The van der Waals surface area contributed by atoms with Crippen LogP contribution in [0.4, 0.5) is 4.39 Å². The van der Waals surface area contributed by atoms with Crippen molar-refractivity contribution in [3.8, 4) is 0 Å². The summed E-state index contributed by atoms with van der Waals surface area (Å²) in [7, 11) is 2.03. The first-order valence-electron chi connectivity index (χ1n) is 7.30.